The fourth-order valence-electron chi connectivity index (χ4n) is 2.13. The highest BCUT2D eigenvalue weighted by Crippen LogP contribution is 2.28. The SMILES string of the molecule is CN(CCC1CCCC1O)CC(F)(F)F. The van der Waals surface area contributed by atoms with Gasteiger partial charge in [0.05, 0.1) is 12.6 Å². The van der Waals surface area contributed by atoms with Crippen LogP contribution in [0.25, 0.3) is 0 Å². The highest BCUT2D eigenvalue weighted by molar-refractivity contribution is 4.77. The fourth-order valence-corrected chi connectivity index (χ4v) is 2.13. The normalized spacial score (nSPS) is 27.6. The molecule has 0 amide bonds. The van der Waals surface area contributed by atoms with Crippen molar-refractivity contribution >= 4 is 0 Å². The Balaban J connectivity index is 2.19. The maximum atomic E-state index is 12.0. The van der Waals surface area contributed by atoms with E-state index in [9.17, 15) is 18.3 Å². The molecule has 15 heavy (non-hydrogen) atoms. The van der Waals surface area contributed by atoms with Gasteiger partial charge in [-0.25, -0.2) is 0 Å². The van der Waals surface area contributed by atoms with Gasteiger partial charge < -0.3 is 5.11 Å². The summed E-state index contributed by atoms with van der Waals surface area (Å²) in [7, 11) is 1.47. The van der Waals surface area contributed by atoms with E-state index in [0.717, 1.165) is 19.3 Å². The lowest BCUT2D eigenvalue weighted by atomic mass is 10.0. The van der Waals surface area contributed by atoms with E-state index in [4.69, 9.17) is 0 Å². The quantitative estimate of drug-likeness (QED) is 0.791. The lowest BCUT2D eigenvalue weighted by molar-refractivity contribution is -0.143. The summed E-state index contributed by atoms with van der Waals surface area (Å²) in [6.07, 6.45) is -1.02. The maximum absolute atomic E-state index is 12.0. The summed E-state index contributed by atoms with van der Waals surface area (Å²) in [6, 6.07) is 0. The first-order valence-corrected chi connectivity index (χ1v) is 5.32. The molecular formula is C10H18F3NO. The molecule has 1 fully saturated rings. The van der Waals surface area contributed by atoms with E-state index in [2.05, 4.69) is 0 Å². The first-order chi connectivity index (χ1) is 6.88. The number of hydrogen-bond donors (Lipinski definition) is 1. The molecule has 1 saturated carbocycles. The number of hydrogen-bond acceptors (Lipinski definition) is 2. The highest BCUT2D eigenvalue weighted by atomic mass is 19.4. The van der Waals surface area contributed by atoms with Crippen LogP contribution in [-0.2, 0) is 0 Å². The largest absolute Gasteiger partial charge is 0.401 e. The van der Waals surface area contributed by atoms with Crippen molar-refractivity contribution in [3.8, 4) is 0 Å². The summed E-state index contributed by atoms with van der Waals surface area (Å²) in [5.41, 5.74) is 0. The smallest absolute Gasteiger partial charge is 0.393 e. The van der Waals surface area contributed by atoms with Crippen molar-refractivity contribution in [2.45, 2.75) is 38.0 Å². The van der Waals surface area contributed by atoms with Gasteiger partial charge in [0.25, 0.3) is 0 Å². The molecule has 90 valence electrons. The molecule has 0 aliphatic heterocycles. The number of aliphatic hydroxyl groups excluding tert-OH is 1. The topological polar surface area (TPSA) is 23.5 Å². The third kappa shape index (κ3) is 4.84. The van der Waals surface area contributed by atoms with E-state index < -0.39 is 12.7 Å². The van der Waals surface area contributed by atoms with Gasteiger partial charge in [0, 0.05) is 0 Å². The molecule has 0 saturated heterocycles. The molecule has 1 N–H and O–H groups in total. The van der Waals surface area contributed by atoms with E-state index in [1.54, 1.807) is 0 Å². The molecule has 2 atom stereocenters. The molecule has 0 radical (unpaired) electrons. The summed E-state index contributed by atoms with van der Waals surface area (Å²) < 4.78 is 36.0. The fraction of sp³-hybridized carbons (Fsp3) is 1.00. The zero-order valence-electron chi connectivity index (χ0n) is 8.93. The number of aliphatic hydroxyl groups is 1. The van der Waals surface area contributed by atoms with Crippen molar-refractivity contribution in [2.24, 2.45) is 5.92 Å². The van der Waals surface area contributed by atoms with Gasteiger partial charge in [0.15, 0.2) is 0 Å². The van der Waals surface area contributed by atoms with Crippen molar-refractivity contribution in [3.63, 3.8) is 0 Å². The van der Waals surface area contributed by atoms with Crippen molar-refractivity contribution < 1.29 is 18.3 Å². The molecule has 0 aromatic carbocycles. The molecule has 2 unspecified atom stereocenters. The van der Waals surface area contributed by atoms with Crippen LogP contribution in [0.3, 0.4) is 0 Å². The molecule has 0 aromatic heterocycles. The zero-order chi connectivity index (χ0) is 11.5. The minimum Gasteiger partial charge on any atom is -0.393 e. The van der Waals surface area contributed by atoms with Crippen LogP contribution >= 0.6 is 0 Å². The standard InChI is InChI=1S/C10H18F3NO/c1-14(7-10(11,12)13)6-5-8-3-2-4-9(8)15/h8-9,15H,2-7H2,1H3. The Morgan fingerprint density at radius 1 is 1.33 bits per heavy atom. The van der Waals surface area contributed by atoms with Gasteiger partial charge in [-0.05, 0) is 38.8 Å². The minimum atomic E-state index is -4.12. The monoisotopic (exact) mass is 225 g/mol. The first-order valence-electron chi connectivity index (χ1n) is 5.32. The summed E-state index contributed by atoms with van der Waals surface area (Å²) in [4.78, 5) is 1.27. The Morgan fingerprint density at radius 3 is 2.47 bits per heavy atom. The van der Waals surface area contributed by atoms with Gasteiger partial charge in [-0.1, -0.05) is 6.42 Å². The van der Waals surface area contributed by atoms with Gasteiger partial charge in [-0.3, -0.25) is 4.90 Å². The Hall–Kier alpha value is -0.290. The van der Waals surface area contributed by atoms with E-state index in [0.29, 0.717) is 13.0 Å². The van der Waals surface area contributed by atoms with Gasteiger partial charge in [-0.15, -0.1) is 0 Å². The van der Waals surface area contributed by atoms with Crippen LogP contribution in [0.1, 0.15) is 25.7 Å². The van der Waals surface area contributed by atoms with Gasteiger partial charge in [0.1, 0.15) is 0 Å². The average Bonchev–Trinajstić information content (AvgIpc) is 2.44. The highest BCUT2D eigenvalue weighted by Gasteiger charge is 2.30. The van der Waals surface area contributed by atoms with E-state index in [-0.39, 0.29) is 12.0 Å². The second-order valence-electron chi connectivity index (χ2n) is 4.40. The average molecular weight is 225 g/mol. The molecule has 0 bridgehead atoms. The Labute approximate surface area is 88.1 Å². The Kier molecular flexibility index (Phi) is 4.40. The van der Waals surface area contributed by atoms with E-state index in [1.807, 2.05) is 0 Å². The van der Waals surface area contributed by atoms with E-state index in [1.165, 1.54) is 11.9 Å². The minimum absolute atomic E-state index is 0.195. The predicted molar refractivity (Wildman–Crippen MR) is 51.5 cm³/mol. The molecule has 1 rings (SSSR count). The number of rotatable bonds is 4. The molecule has 0 heterocycles. The molecule has 1 aliphatic carbocycles. The maximum Gasteiger partial charge on any atom is 0.401 e. The van der Waals surface area contributed by atoms with Crippen LogP contribution in [0.4, 0.5) is 13.2 Å². The number of alkyl halides is 3. The molecular weight excluding hydrogens is 207 g/mol. The van der Waals surface area contributed by atoms with Crippen LogP contribution in [0.2, 0.25) is 0 Å². The molecule has 1 aliphatic rings. The van der Waals surface area contributed by atoms with Gasteiger partial charge >= 0.3 is 6.18 Å². The summed E-state index contributed by atoms with van der Waals surface area (Å²) in [5.74, 6) is 0.195. The predicted octanol–water partition coefficient (Wildman–Crippen LogP) is 2.03. The zero-order valence-corrected chi connectivity index (χ0v) is 8.93. The summed E-state index contributed by atoms with van der Waals surface area (Å²) >= 11 is 0. The second-order valence-corrected chi connectivity index (χ2v) is 4.40. The van der Waals surface area contributed by atoms with Crippen LogP contribution in [0.15, 0.2) is 0 Å². The van der Waals surface area contributed by atoms with Crippen LogP contribution in [-0.4, -0.2) is 42.4 Å². The lowest BCUT2D eigenvalue weighted by Gasteiger charge is -2.21. The van der Waals surface area contributed by atoms with Crippen molar-refractivity contribution in [1.29, 1.82) is 0 Å². The van der Waals surface area contributed by atoms with Crippen LogP contribution in [0.5, 0.6) is 0 Å². The summed E-state index contributed by atoms with van der Waals surface area (Å²) in [5, 5.41) is 9.49. The van der Waals surface area contributed by atoms with Crippen molar-refractivity contribution in [1.82, 2.24) is 4.90 Å². The third-order valence-corrected chi connectivity index (χ3v) is 2.95. The molecule has 0 spiro atoms. The van der Waals surface area contributed by atoms with E-state index >= 15 is 0 Å². The molecule has 2 nitrogen and oxygen atoms in total. The van der Waals surface area contributed by atoms with Gasteiger partial charge in [0.2, 0.25) is 0 Å². The number of halogens is 3. The molecule has 5 heteroatoms. The van der Waals surface area contributed by atoms with Crippen LogP contribution < -0.4 is 0 Å². The lowest BCUT2D eigenvalue weighted by Crippen LogP contribution is -2.33. The van der Waals surface area contributed by atoms with Crippen molar-refractivity contribution in [3.05, 3.63) is 0 Å². The molecule has 0 aromatic rings. The second kappa shape index (κ2) is 5.16. The summed E-state index contributed by atoms with van der Waals surface area (Å²) in [6.45, 7) is -0.461. The first kappa shape index (κ1) is 12.8. The van der Waals surface area contributed by atoms with Crippen molar-refractivity contribution in [2.75, 3.05) is 20.1 Å². The third-order valence-electron chi connectivity index (χ3n) is 2.95. The Morgan fingerprint density at radius 2 is 2.00 bits per heavy atom. The van der Waals surface area contributed by atoms with Crippen LogP contribution in [0, 0.1) is 5.92 Å². The Bertz CT molecular complexity index is 196. The number of nitrogens with zero attached hydrogens (tertiary/aromatic N) is 1. The van der Waals surface area contributed by atoms with Gasteiger partial charge in [-0.2, -0.15) is 13.2 Å².